The van der Waals surface area contributed by atoms with Crippen molar-refractivity contribution in [1.29, 1.82) is 0 Å². The standard InChI is InChI=1S/C22H30N2O2/c1-16(2)24(18(4)25)13-19-12-23(14-20-9-7-11-26-20)15-22(19)21-10-6-5-8-17(21)3/h5-11,16,19,22H,12-15H2,1-4H3. The lowest BCUT2D eigenvalue weighted by Gasteiger charge is -2.31. The summed E-state index contributed by atoms with van der Waals surface area (Å²) in [7, 11) is 0. The van der Waals surface area contributed by atoms with E-state index in [4.69, 9.17) is 4.42 Å². The van der Waals surface area contributed by atoms with Crippen molar-refractivity contribution in [3.63, 3.8) is 0 Å². The van der Waals surface area contributed by atoms with Gasteiger partial charge in [0.25, 0.3) is 0 Å². The number of benzene rings is 1. The molecule has 0 radical (unpaired) electrons. The Hall–Kier alpha value is -2.07. The summed E-state index contributed by atoms with van der Waals surface area (Å²) in [5.74, 6) is 2.03. The van der Waals surface area contributed by atoms with Crippen molar-refractivity contribution in [2.75, 3.05) is 19.6 Å². The first kappa shape index (κ1) is 18.7. The van der Waals surface area contributed by atoms with E-state index in [9.17, 15) is 4.79 Å². The van der Waals surface area contributed by atoms with E-state index in [1.54, 1.807) is 13.2 Å². The maximum absolute atomic E-state index is 12.1. The maximum Gasteiger partial charge on any atom is 0.219 e. The Bertz CT molecular complexity index is 724. The summed E-state index contributed by atoms with van der Waals surface area (Å²) in [6.07, 6.45) is 1.73. The largest absolute Gasteiger partial charge is 0.468 e. The third kappa shape index (κ3) is 4.18. The lowest BCUT2D eigenvalue weighted by molar-refractivity contribution is -0.131. The first-order valence-corrected chi connectivity index (χ1v) is 9.53. The Balaban J connectivity index is 1.82. The Kier molecular flexibility index (Phi) is 5.82. The highest BCUT2D eigenvalue weighted by Gasteiger charge is 2.36. The summed E-state index contributed by atoms with van der Waals surface area (Å²) in [6, 6.07) is 12.9. The molecule has 1 amide bonds. The van der Waals surface area contributed by atoms with Gasteiger partial charge < -0.3 is 9.32 Å². The summed E-state index contributed by atoms with van der Waals surface area (Å²) >= 11 is 0. The molecule has 2 heterocycles. The first-order chi connectivity index (χ1) is 12.5. The fourth-order valence-electron chi connectivity index (χ4n) is 4.21. The predicted molar refractivity (Wildman–Crippen MR) is 104 cm³/mol. The third-order valence-electron chi connectivity index (χ3n) is 5.52. The van der Waals surface area contributed by atoms with Crippen molar-refractivity contribution in [1.82, 2.24) is 9.80 Å². The van der Waals surface area contributed by atoms with E-state index in [1.807, 2.05) is 17.0 Å². The molecule has 140 valence electrons. The minimum atomic E-state index is 0.160. The summed E-state index contributed by atoms with van der Waals surface area (Å²) in [4.78, 5) is 16.6. The minimum absolute atomic E-state index is 0.160. The predicted octanol–water partition coefficient (Wildman–Crippen LogP) is 4.06. The molecule has 4 nitrogen and oxygen atoms in total. The van der Waals surface area contributed by atoms with Gasteiger partial charge in [0.15, 0.2) is 0 Å². The fraction of sp³-hybridized carbons (Fsp3) is 0.500. The Morgan fingerprint density at radius 3 is 2.62 bits per heavy atom. The molecule has 2 atom stereocenters. The van der Waals surface area contributed by atoms with Crippen LogP contribution < -0.4 is 0 Å². The van der Waals surface area contributed by atoms with E-state index in [1.165, 1.54) is 11.1 Å². The summed E-state index contributed by atoms with van der Waals surface area (Å²) < 4.78 is 5.55. The Morgan fingerprint density at radius 1 is 1.23 bits per heavy atom. The maximum atomic E-state index is 12.1. The van der Waals surface area contributed by atoms with Gasteiger partial charge in [0.05, 0.1) is 12.8 Å². The van der Waals surface area contributed by atoms with Crippen LogP contribution in [-0.4, -0.2) is 41.4 Å². The molecule has 3 rings (SSSR count). The molecule has 1 aliphatic rings. The lowest BCUT2D eigenvalue weighted by Crippen LogP contribution is -2.40. The molecule has 0 aliphatic carbocycles. The van der Waals surface area contributed by atoms with Crippen molar-refractivity contribution < 1.29 is 9.21 Å². The molecule has 1 aliphatic heterocycles. The number of amides is 1. The van der Waals surface area contributed by atoms with Crippen molar-refractivity contribution >= 4 is 5.91 Å². The number of carbonyl (C=O) groups excluding carboxylic acids is 1. The molecule has 2 unspecified atom stereocenters. The molecule has 1 saturated heterocycles. The number of aryl methyl sites for hydroxylation is 1. The van der Waals surface area contributed by atoms with Crippen molar-refractivity contribution in [3.05, 3.63) is 59.5 Å². The SMILES string of the molecule is CC(=O)N(CC1CN(Cc2ccco2)CC1c1ccccc1C)C(C)C. The van der Waals surface area contributed by atoms with Crippen LogP contribution in [0.3, 0.4) is 0 Å². The summed E-state index contributed by atoms with van der Waals surface area (Å²) in [5.41, 5.74) is 2.74. The monoisotopic (exact) mass is 354 g/mol. The number of furan rings is 1. The van der Waals surface area contributed by atoms with Crippen LogP contribution in [0.1, 0.15) is 43.6 Å². The average Bonchev–Trinajstić information content (AvgIpc) is 3.22. The second-order valence-electron chi connectivity index (χ2n) is 7.76. The quantitative estimate of drug-likeness (QED) is 0.785. The van der Waals surface area contributed by atoms with E-state index >= 15 is 0 Å². The van der Waals surface area contributed by atoms with Gasteiger partial charge in [-0.1, -0.05) is 24.3 Å². The van der Waals surface area contributed by atoms with Gasteiger partial charge >= 0.3 is 0 Å². The van der Waals surface area contributed by atoms with Crippen molar-refractivity contribution in [3.8, 4) is 0 Å². The molecule has 0 bridgehead atoms. The van der Waals surface area contributed by atoms with Gasteiger partial charge in [-0.25, -0.2) is 0 Å². The summed E-state index contributed by atoms with van der Waals surface area (Å²) in [6.45, 7) is 11.7. The van der Waals surface area contributed by atoms with E-state index in [0.29, 0.717) is 11.8 Å². The molecule has 1 fully saturated rings. The molecule has 0 saturated carbocycles. The van der Waals surface area contributed by atoms with E-state index in [2.05, 4.69) is 49.9 Å². The van der Waals surface area contributed by atoms with Crippen LogP contribution >= 0.6 is 0 Å². The molecule has 1 aromatic heterocycles. The van der Waals surface area contributed by atoms with Crippen LogP contribution in [0.2, 0.25) is 0 Å². The second kappa shape index (κ2) is 8.09. The summed E-state index contributed by atoms with van der Waals surface area (Å²) in [5, 5.41) is 0. The van der Waals surface area contributed by atoms with E-state index in [-0.39, 0.29) is 11.9 Å². The van der Waals surface area contributed by atoms with Gasteiger partial charge in [0, 0.05) is 38.5 Å². The van der Waals surface area contributed by atoms with Gasteiger partial charge in [-0.15, -0.1) is 0 Å². The molecule has 0 spiro atoms. The first-order valence-electron chi connectivity index (χ1n) is 9.53. The average molecular weight is 354 g/mol. The highest BCUT2D eigenvalue weighted by atomic mass is 16.3. The normalized spacial score (nSPS) is 20.7. The third-order valence-corrected chi connectivity index (χ3v) is 5.52. The zero-order chi connectivity index (χ0) is 18.7. The van der Waals surface area contributed by atoms with Crippen LogP contribution in [0, 0.1) is 12.8 Å². The number of likely N-dealkylation sites (tertiary alicyclic amines) is 1. The minimum Gasteiger partial charge on any atom is -0.468 e. The van der Waals surface area contributed by atoms with Crippen LogP contribution in [0.25, 0.3) is 0 Å². The topological polar surface area (TPSA) is 36.7 Å². The molecule has 2 aromatic rings. The lowest BCUT2D eigenvalue weighted by atomic mass is 9.86. The molecule has 26 heavy (non-hydrogen) atoms. The van der Waals surface area contributed by atoms with Gasteiger partial charge in [-0.05, 0) is 49.9 Å². The van der Waals surface area contributed by atoms with Gasteiger partial charge in [0.2, 0.25) is 5.91 Å². The van der Waals surface area contributed by atoms with Crippen molar-refractivity contribution in [2.45, 2.75) is 46.2 Å². The molecular weight excluding hydrogens is 324 g/mol. The van der Waals surface area contributed by atoms with Crippen LogP contribution in [0.15, 0.2) is 47.1 Å². The van der Waals surface area contributed by atoms with Gasteiger partial charge in [-0.2, -0.15) is 0 Å². The fourth-order valence-corrected chi connectivity index (χ4v) is 4.21. The second-order valence-corrected chi connectivity index (χ2v) is 7.76. The highest BCUT2D eigenvalue weighted by molar-refractivity contribution is 5.73. The van der Waals surface area contributed by atoms with E-state index < -0.39 is 0 Å². The number of carbonyl (C=O) groups is 1. The van der Waals surface area contributed by atoms with Gasteiger partial charge in [-0.3, -0.25) is 9.69 Å². The number of rotatable bonds is 6. The van der Waals surface area contributed by atoms with Gasteiger partial charge in [0.1, 0.15) is 5.76 Å². The zero-order valence-electron chi connectivity index (χ0n) is 16.3. The van der Waals surface area contributed by atoms with Crippen LogP contribution in [0.4, 0.5) is 0 Å². The zero-order valence-corrected chi connectivity index (χ0v) is 16.3. The van der Waals surface area contributed by atoms with Crippen LogP contribution in [-0.2, 0) is 11.3 Å². The smallest absolute Gasteiger partial charge is 0.219 e. The Labute approximate surface area is 156 Å². The van der Waals surface area contributed by atoms with Crippen LogP contribution in [0.5, 0.6) is 0 Å². The Morgan fingerprint density at radius 2 is 2.00 bits per heavy atom. The van der Waals surface area contributed by atoms with E-state index in [0.717, 1.165) is 31.9 Å². The molecular formula is C22H30N2O2. The number of hydrogen-bond acceptors (Lipinski definition) is 3. The number of hydrogen-bond donors (Lipinski definition) is 0. The molecule has 0 N–H and O–H groups in total. The van der Waals surface area contributed by atoms with Crippen molar-refractivity contribution in [2.24, 2.45) is 5.92 Å². The molecule has 1 aromatic carbocycles. The number of nitrogens with zero attached hydrogens (tertiary/aromatic N) is 2. The highest BCUT2D eigenvalue weighted by Crippen LogP contribution is 2.36. The molecule has 4 heteroatoms.